The zero-order valence-corrected chi connectivity index (χ0v) is 10.7. The van der Waals surface area contributed by atoms with E-state index in [-0.39, 0.29) is 22.3 Å². The third kappa shape index (κ3) is 4.07. The number of esters is 1. The van der Waals surface area contributed by atoms with Crippen molar-refractivity contribution < 1.29 is 14.3 Å². The van der Waals surface area contributed by atoms with E-state index >= 15 is 0 Å². The Morgan fingerprint density at radius 3 is 2.87 bits per heavy atom. The largest absolute Gasteiger partial charge is 0.466 e. The minimum atomic E-state index is -0.150. The molecule has 0 aromatic heterocycles. The Kier molecular flexibility index (Phi) is 5.53. The van der Waals surface area contributed by atoms with E-state index in [1.165, 1.54) is 11.8 Å². The molecule has 1 saturated heterocycles. The molecule has 0 bridgehead atoms. The molecule has 0 spiro atoms. The highest BCUT2D eigenvalue weighted by molar-refractivity contribution is 8.14. The lowest BCUT2D eigenvalue weighted by atomic mass is 10.1. The van der Waals surface area contributed by atoms with E-state index in [9.17, 15) is 9.59 Å². The van der Waals surface area contributed by atoms with Crippen LogP contribution in [0.4, 0.5) is 0 Å². The lowest BCUT2D eigenvalue weighted by molar-refractivity contribution is -0.147. The van der Waals surface area contributed by atoms with Crippen LogP contribution >= 0.6 is 23.5 Å². The van der Waals surface area contributed by atoms with Gasteiger partial charge in [0.25, 0.3) is 0 Å². The smallest absolute Gasteiger partial charge is 0.310 e. The summed E-state index contributed by atoms with van der Waals surface area (Å²) in [5.41, 5.74) is 0. The van der Waals surface area contributed by atoms with Gasteiger partial charge in [0.15, 0.2) is 5.12 Å². The third-order valence-electron chi connectivity index (χ3n) is 2.20. The average molecular weight is 248 g/mol. The number of thioether (sulfide) groups is 2. The van der Waals surface area contributed by atoms with Gasteiger partial charge in [-0.15, -0.1) is 0 Å². The maximum absolute atomic E-state index is 11.6. The molecule has 0 N–H and O–H groups in total. The minimum absolute atomic E-state index is 0.0844. The van der Waals surface area contributed by atoms with E-state index in [0.29, 0.717) is 6.61 Å². The fraction of sp³-hybridized carbons (Fsp3) is 0.800. The first kappa shape index (κ1) is 12.9. The van der Waals surface area contributed by atoms with Crippen LogP contribution in [0.2, 0.25) is 0 Å². The lowest BCUT2D eigenvalue weighted by Crippen LogP contribution is -2.34. The highest BCUT2D eigenvalue weighted by Gasteiger charge is 2.33. The van der Waals surface area contributed by atoms with Gasteiger partial charge in [-0.2, -0.15) is 11.8 Å². The fourth-order valence-corrected chi connectivity index (χ4v) is 4.06. The van der Waals surface area contributed by atoms with Gasteiger partial charge in [-0.3, -0.25) is 9.59 Å². The van der Waals surface area contributed by atoms with Crippen molar-refractivity contribution in [2.45, 2.75) is 25.5 Å². The molecule has 0 aromatic rings. The quantitative estimate of drug-likeness (QED) is 0.714. The van der Waals surface area contributed by atoms with E-state index in [2.05, 4.69) is 0 Å². The maximum atomic E-state index is 11.6. The van der Waals surface area contributed by atoms with Crippen LogP contribution in [0.5, 0.6) is 0 Å². The molecule has 0 radical (unpaired) electrons. The van der Waals surface area contributed by atoms with Gasteiger partial charge in [-0.05, 0) is 19.1 Å². The summed E-state index contributed by atoms with van der Waals surface area (Å²) < 4.78 is 5.02. The summed E-state index contributed by atoms with van der Waals surface area (Å²) in [6.07, 6.45) is 0.915. The molecule has 0 aliphatic carbocycles. The van der Waals surface area contributed by atoms with Gasteiger partial charge in [0.05, 0.1) is 12.5 Å². The molecule has 5 heteroatoms. The summed E-state index contributed by atoms with van der Waals surface area (Å²) in [4.78, 5) is 22.7. The second kappa shape index (κ2) is 6.43. The van der Waals surface area contributed by atoms with Crippen LogP contribution in [0.15, 0.2) is 0 Å². The van der Waals surface area contributed by atoms with Crippen LogP contribution < -0.4 is 0 Å². The molecule has 0 aromatic carbocycles. The number of rotatable bonds is 3. The SMILES string of the molecule is CCOC(=O)C1CSCCC1SC(C)=O. The molecular weight excluding hydrogens is 232 g/mol. The Hall–Kier alpha value is -0.160. The van der Waals surface area contributed by atoms with Gasteiger partial charge in [-0.1, -0.05) is 11.8 Å². The van der Waals surface area contributed by atoms with Gasteiger partial charge in [0.2, 0.25) is 0 Å². The first-order chi connectivity index (χ1) is 7.15. The van der Waals surface area contributed by atoms with Crippen molar-refractivity contribution in [3.63, 3.8) is 0 Å². The molecule has 1 aliphatic heterocycles. The Morgan fingerprint density at radius 2 is 2.27 bits per heavy atom. The summed E-state index contributed by atoms with van der Waals surface area (Å²) in [6.45, 7) is 3.77. The lowest BCUT2D eigenvalue weighted by Gasteiger charge is -2.27. The number of carbonyl (C=O) groups excluding carboxylic acids is 2. The van der Waals surface area contributed by atoms with Crippen molar-refractivity contribution in [2.75, 3.05) is 18.1 Å². The van der Waals surface area contributed by atoms with Crippen molar-refractivity contribution in [1.82, 2.24) is 0 Å². The van der Waals surface area contributed by atoms with Crippen LogP contribution in [0, 0.1) is 5.92 Å². The number of hydrogen-bond donors (Lipinski definition) is 0. The summed E-state index contributed by atoms with van der Waals surface area (Å²) >= 11 is 3.05. The number of ether oxygens (including phenoxy) is 1. The fourth-order valence-electron chi connectivity index (χ4n) is 1.54. The van der Waals surface area contributed by atoms with Crippen molar-refractivity contribution in [2.24, 2.45) is 5.92 Å². The summed E-state index contributed by atoms with van der Waals surface area (Å²) in [5, 5.41) is 0.198. The topological polar surface area (TPSA) is 43.4 Å². The van der Waals surface area contributed by atoms with Gasteiger partial charge >= 0.3 is 5.97 Å². The molecule has 1 heterocycles. The molecule has 0 saturated carbocycles. The van der Waals surface area contributed by atoms with Crippen LogP contribution in [0.1, 0.15) is 20.3 Å². The van der Waals surface area contributed by atoms with Gasteiger partial charge in [0, 0.05) is 17.9 Å². The zero-order valence-electron chi connectivity index (χ0n) is 9.02. The van der Waals surface area contributed by atoms with Gasteiger partial charge < -0.3 is 4.74 Å². The van der Waals surface area contributed by atoms with Crippen LogP contribution in [-0.4, -0.2) is 34.4 Å². The second-order valence-electron chi connectivity index (χ2n) is 3.37. The van der Waals surface area contributed by atoms with Crippen LogP contribution in [0.25, 0.3) is 0 Å². The molecule has 1 rings (SSSR count). The Bertz CT molecular complexity index is 243. The van der Waals surface area contributed by atoms with E-state index in [1.54, 1.807) is 25.6 Å². The van der Waals surface area contributed by atoms with Crippen molar-refractivity contribution in [3.8, 4) is 0 Å². The molecule has 2 atom stereocenters. The van der Waals surface area contributed by atoms with E-state index in [0.717, 1.165) is 17.9 Å². The average Bonchev–Trinajstić information content (AvgIpc) is 2.18. The molecule has 0 amide bonds. The van der Waals surface area contributed by atoms with E-state index in [4.69, 9.17) is 4.74 Å². The molecule has 1 aliphatic rings. The highest BCUT2D eigenvalue weighted by atomic mass is 32.2. The minimum Gasteiger partial charge on any atom is -0.466 e. The zero-order chi connectivity index (χ0) is 11.3. The number of hydrogen-bond acceptors (Lipinski definition) is 5. The van der Waals surface area contributed by atoms with Crippen molar-refractivity contribution in [1.29, 1.82) is 0 Å². The molecule has 15 heavy (non-hydrogen) atoms. The van der Waals surface area contributed by atoms with Crippen molar-refractivity contribution >= 4 is 34.6 Å². The molecule has 1 fully saturated rings. The summed E-state index contributed by atoms with van der Waals surface area (Å²) in [6, 6.07) is 0. The Balaban J connectivity index is 2.56. The van der Waals surface area contributed by atoms with Crippen molar-refractivity contribution in [3.05, 3.63) is 0 Å². The molecular formula is C10H16O3S2. The van der Waals surface area contributed by atoms with Crippen LogP contribution in [-0.2, 0) is 14.3 Å². The van der Waals surface area contributed by atoms with Gasteiger partial charge in [0.1, 0.15) is 0 Å². The third-order valence-corrected chi connectivity index (χ3v) is 4.52. The summed E-state index contributed by atoms with van der Waals surface area (Å²) in [7, 11) is 0. The van der Waals surface area contributed by atoms with Crippen LogP contribution in [0.3, 0.4) is 0 Å². The molecule has 2 unspecified atom stereocenters. The predicted molar refractivity (Wildman–Crippen MR) is 64.1 cm³/mol. The van der Waals surface area contributed by atoms with E-state index in [1.807, 2.05) is 0 Å². The molecule has 3 nitrogen and oxygen atoms in total. The maximum Gasteiger partial charge on any atom is 0.310 e. The second-order valence-corrected chi connectivity index (χ2v) is 5.94. The summed E-state index contributed by atoms with van der Waals surface area (Å²) in [5.74, 6) is 1.55. The Morgan fingerprint density at radius 1 is 1.53 bits per heavy atom. The predicted octanol–water partition coefficient (Wildman–Crippen LogP) is 1.95. The standard InChI is InChI=1S/C10H16O3S2/c1-3-13-10(12)8-6-14-5-4-9(8)15-7(2)11/h8-9H,3-6H2,1-2H3. The highest BCUT2D eigenvalue weighted by Crippen LogP contribution is 2.33. The molecule has 86 valence electrons. The Labute approximate surface area is 98.7 Å². The number of carbonyl (C=O) groups is 2. The first-order valence-electron chi connectivity index (χ1n) is 5.06. The normalized spacial score (nSPS) is 26.0. The van der Waals surface area contributed by atoms with E-state index < -0.39 is 0 Å². The van der Waals surface area contributed by atoms with Gasteiger partial charge in [-0.25, -0.2) is 0 Å². The monoisotopic (exact) mass is 248 g/mol. The first-order valence-corrected chi connectivity index (χ1v) is 7.10.